The van der Waals surface area contributed by atoms with Gasteiger partial charge in [0.25, 0.3) is 0 Å². The first-order chi connectivity index (χ1) is 10.6. The second-order valence-corrected chi connectivity index (χ2v) is 6.09. The Hall–Kier alpha value is -1.86. The molecule has 0 aliphatic rings. The van der Waals surface area contributed by atoms with E-state index in [1.54, 1.807) is 4.68 Å². The van der Waals surface area contributed by atoms with Crippen molar-refractivity contribution >= 4 is 0 Å². The average molecular weight is 329 g/mol. The minimum absolute atomic E-state index is 0.00917. The summed E-state index contributed by atoms with van der Waals surface area (Å²) in [5.41, 5.74) is 2.98. The topological polar surface area (TPSA) is 48.5 Å². The molecule has 5 nitrogen and oxygen atoms in total. The van der Waals surface area contributed by atoms with Crippen LogP contribution >= 0.6 is 0 Å². The minimum atomic E-state index is -4.31. The van der Waals surface area contributed by atoms with Gasteiger partial charge in [0.1, 0.15) is 12.4 Å². The van der Waals surface area contributed by atoms with Gasteiger partial charge in [-0.2, -0.15) is 23.4 Å². The van der Waals surface area contributed by atoms with Crippen LogP contribution in [0.4, 0.5) is 13.2 Å². The summed E-state index contributed by atoms with van der Waals surface area (Å²) in [7, 11) is 1.86. The molecule has 0 radical (unpaired) electrons. The summed E-state index contributed by atoms with van der Waals surface area (Å²) in [4.78, 5) is 4.30. The van der Waals surface area contributed by atoms with Crippen LogP contribution in [-0.4, -0.2) is 30.7 Å². The second kappa shape index (κ2) is 6.33. The van der Waals surface area contributed by atoms with Crippen LogP contribution in [0.15, 0.2) is 0 Å². The van der Waals surface area contributed by atoms with Gasteiger partial charge in [0.2, 0.25) is 0 Å². The average Bonchev–Trinajstić information content (AvgIpc) is 2.89. The van der Waals surface area contributed by atoms with E-state index in [0.29, 0.717) is 24.5 Å². The highest BCUT2D eigenvalue weighted by atomic mass is 19.4. The summed E-state index contributed by atoms with van der Waals surface area (Å²) < 4.78 is 40.9. The van der Waals surface area contributed by atoms with E-state index < -0.39 is 12.7 Å². The Balaban J connectivity index is 2.24. The highest BCUT2D eigenvalue weighted by molar-refractivity contribution is 5.25. The number of aromatic nitrogens is 5. The summed E-state index contributed by atoms with van der Waals surface area (Å²) in [6.07, 6.45) is -3.31. The maximum atomic E-state index is 12.7. The van der Waals surface area contributed by atoms with Crippen LogP contribution in [0.5, 0.6) is 0 Å². The van der Waals surface area contributed by atoms with Gasteiger partial charge in [0, 0.05) is 25.1 Å². The van der Waals surface area contributed by atoms with Gasteiger partial charge >= 0.3 is 6.18 Å². The normalized spacial score (nSPS) is 12.4. The maximum Gasteiger partial charge on any atom is 0.408 e. The van der Waals surface area contributed by atoms with Gasteiger partial charge in [-0.1, -0.05) is 13.8 Å². The Labute approximate surface area is 133 Å². The van der Waals surface area contributed by atoms with Crippen molar-refractivity contribution in [3.05, 3.63) is 28.6 Å². The zero-order valence-corrected chi connectivity index (χ0v) is 14.1. The molecular weight excluding hydrogens is 307 g/mol. The van der Waals surface area contributed by atoms with Crippen LogP contribution in [0.2, 0.25) is 0 Å². The highest BCUT2D eigenvalue weighted by Crippen LogP contribution is 2.21. The molecule has 0 amide bonds. The maximum absolute atomic E-state index is 12.7. The van der Waals surface area contributed by atoms with Crippen molar-refractivity contribution in [2.75, 3.05) is 0 Å². The van der Waals surface area contributed by atoms with E-state index in [1.165, 1.54) is 0 Å². The molecule has 0 aromatic carbocycles. The minimum Gasteiger partial charge on any atom is -0.272 e. The first-order valence-corrected chi connectivity index (χ1v) is 7.58. The molecule has 2 aromatic rings. The molecule has 2 aromatic heterocycles. The van der Waals surface area contributed by atoms with Crippen molar-refractivity contribution in [2.45, 2.75) is 59.2 Å². The molecule has 2 heterocycles. The fraction of sp³-hybridized carbons (Fsp3) is 0.667. The van der Waals surface area contributed by atoms with Gasteiger partial charge in [-0.05, 0) is 25.8 Å². The van der Waals surface area contributed by atoms with Crippen LogP contribution < -0.4 is 0 Å². The zero-order chi connectivity index (χ0) is 17.4. The summed E-state index contributed by atoms with van der Waals surface area (Å²) >= 11 is 0. The Morgan fingerprint density at radius 3 is 2.22 bits per heavy atom. The third-order valence-corrected chi connectivity index (χ3v) is 3.87. The molecule has 2 rings (SSSR count). The molecule has 0 saturated heterocycles. The van der Waals surface area contributed by atoms with Crippen LogP contribution in [0, 0.1) is 13.8 Å². The lowest BCUT2D eigenvalue weighted by atomic mass is 10.1. The fourth-order valence-corrected chi connectivity index (χ4v) is 2.54. The number of alkyl halides is 3. The van der Waals surface area contributed by atoms with Gasteiger partial charge in [0.05, 0.1) is 5.69 Å². The number of hydrogen-bond acceptors (Lipinski definition) is 3. The second-order valence-electron chi connectivity index (χ2n) is 6.09. The van der Waals surface area contributed by atoms with Gasteiger partial charge in [-0.15, -0.1) is 0 Å². The summed E-state index contributed by atoms with van der Waals surface area (Å²) in [5, 5.41) is 8.35. The SMILES string of the molecule is Cc1nn(C)c(C)c1CCc1nc(C(C)C)nn1CC(F)(F)F. The molecule has 0 aliphatic carbocycles. The standard InChI is InChI=1S/C15H22F3N5/c1-9(2)14-19-13(23(21-14)8-15(16,17)18)7-6-12-10(3)20-22(5)11(12)4/h9H,6-8H2,1-5H3. The van der Waals surface area contributed by atoms with Crippen molar-refractivity contribution in [3.8, 4) is 0 Å². The molecule has 8 heteroatoms. The third-order valence-electron chi connectivity index (χ3n) is 3.87. The lowest BCUT2D eigenvalue weighted by molar-refractivity contribution is -0.143. The Bertz CT molecular complexity index is 682. The van der Waals surface area contributed by atoms with Gasteiger partial charge in [-0.3, -0.25) is 4.68 Å². The zero-order valence-electron chi connectivity index (χ0n) is 14.1. The fourth-order valence-electron chi connectivity index (χ4n) is 2.54. The summed E-state index contributed by atoms with van der Waals surface area (Å²) in [6, 6.07) is 0. The molecule has 0 unspecified atom stereocenters. The molecule has 0 spiro atoms. The smallest absolute Gasteiger partial charge is 0.272 e. The number of hydrogen-bond donors (Lipinski definition) is 0. The molecule has 0 bridgehead atoms. The quantitative estimate of drug-likeness (QED) is 0.847. The predicted octanol–water partition coefficient (Wildman–Crippen LogP) is 3.10. The van der Waals surface area contributed by atoms with E-state index in [9.17, 15) is 13.2 Å². The van der Waals surface area contributed by atoms with Gasteiger partial charge in [-0.25, -0.2) is 9.67 Å². The van der Waals surface area contributed by atoms with E-state index in [4.69, 9.17) is 0 Å². The molecule has 128 valence electrons. The van der Waals surface area contributed by atoms with E-state index in [-0.39, 0.29) is 5.92 Å². The molecule has 0 fully saturated rings. The molecule has 0 atom stereocenters. The van der Waals surface area contributed by atoms with Crippen LogP contribution in [0.3, 0.4) is 0 Å². The van der Waals surface area contributed by atoms with E-state index in [0.717, 1.165) is 21.6 Å². The predicted molar refractivity (Wildman–Crippen MR) is 80.3 cm³/mol. The van der Waals surface area contributed by atoms with E-state index >= 15 is 0 Å². The lowest BCUT2D eigenvalue weighted by Gasteiger charge is -2.09. The van der Waals surface area contributed by atoms with Gasteiger partial charge < -0.3 is 0 Å². The van der Waals surface area contributed by atoms with Crippen LogP contribution in [0.1, 0.15) is 48.4 Å². The van der Waals surface area contributed by atoms with E-state index in [1.807, 2.05) is 34.7 Å². The lowest BCUT2D eigenvalue weighted by Crippen LogP contribution is -2.21. The largest absolute Gasteiger partial charge is 0.408 e. The summed E-state index contributed by atoms with van der Waals surface area (Å²) in [5.74, 6) is 0.808. The van der Waals surface area contributed by atoms with Crippen molar-refractivity contribution in [1.29, 1.82) is 0 Å². The first-order valence-electron chi connectivity index (χ1n) is 7.58. The number of nitrogens with zero attached hydrogens (tertiary/aromatic N) is 5. The highest BCUT2D eigenvalue weighted by Gasteiger charge is 2.30. The van der Waals surface area contributed by atoms with Crippen molar-refractivity contribution in [3.63, 3.8) is 0 Å². The first kappa shape index (κ1) is 17.5. The van der Waals surface area contributed by atoms with Gasteiger partial charge in [0.15, 0.2) is 5.82 Å². The number of rotatable bonds is 5. The van der Waals surface area contributed by atoms with Crippen LogP contribution in [-0.2, 0) is 26.4 Å². The van der Waals surface area contributed by atoms with Crippen molar-refractivity contribution in [1.82, 2.24) is 24.5 Å². The van der Waals surface area contributed by atoms with Crippen molar-refractivity contribution < 1.29 is 13.2 Å². The summed E-state index contributed by atoms with van der Waals surface area (Å²) in [6.45, 7) is 6.49. The van der Waals surface area contributed by atoms with E-state index in [2.05, 4.69) is 15.2 Å². The monoisotopic (exact) mass is 329 g/mol. The molecule has 0 N–H and O–H groups in total. The Morgan fingerprint density at radius 1 is 1.09 bits per heavy atom. The molecule has 0 saturated carbocycles. The third kappa shape index (κ3) is 4.11. The van der Waals surface area contributed by atoms with Crippen LogP contribution in [0.25, 0.3) is 0 Å². The molecule has 23 heavy (non-hydrogen) atoms. The number of aryl methyl sites for hydroxylation is 3. The Morgan fingerprint density at radius 2 is 1.74 bits per heavy atom. The number of halogens is 3. The Kier molecular flexibility index (Phi) is 4.81. The van der Waals surface area contributed by atoms with Crippen molar-refractivity contribution in [2.24, 2.45) is 7.05 Å². The molecule has 0 aliphatic heterocycles. The molecular formula is C15H22F3N5.